The van der Waals surface area contributed by atoms with Gasteiger partial charge >= 0.3 is 6.09 Å². The number of amides is 1. The van der Waals surface area contributed by atoms with Crippen LogP contribution in [0.3, 0.4) is 0 Å². The minimum absolute atomic E-state index is 0.0942. The predicted octanol–water partition coefficient (Wildman–Crippen LogP) is 7.29. The largest absolute Gasteiger partial charge is 0.448 e. The van der Waals surface area contributed by atoms with Gasteiger partial charge in [-0.25, -0.2) is 4.79 Å². The molecule has 0 N–H and O–H groups in total. The maximum Gasteiger partial charge on any atom is 0.410 e. The van der Waals surface area contributed by atoms with Crippen LogP contribution in [0.1, 0.15) is 54.4 Å². The molecular weight excluding hydrogens is 418 g/mol. The minimum atomic E-state index is -0.178. The molecule has 170 valence electrons. The summed E-state index contributed by atoms with van der Waals surface area (Å²) in [5.74, 6) is 0.0942. The monoisotopic (exact) mass is 447 g/mol. The van der Waals surface area contributed by atoms with Crippen LogP contribution in [0.2, 0.25) is 0 Å². The molecule has 3 aromatic carbocycles. The van der Waals surface area contributed by atoms with Gasteiger partial charge < -0.3 is 4.74 Å². The van der Waals surface area contributed by atoms with Gasteiger partial charge in [-0.15, -0.1) is 0 Å². The fourth-order valence-electron chi connectivity index (χ4n) is 5.97. The number of ether oxygens (including phenoxy) is 1. The van der Waals surface area contributed by atoms with Crippen LogP contribution in [0.25, 0.3) is 22.3 Å². The molecule has 1 amide bonds. The van der Waals surface area contributed by atoms with Crippen molar-refractivity contribution in [3.63, 3.8) is 0 Å². The molecule has 2 atom stereocenters. The van der Waals surface area contributed by atoms with Crippen LogP contribution in [0, 0.1) is 0 Å². The van der Waals surface area contributed by atoms with Gasteiger partial charge in [0.05, 0.1) is 6.04 Å². The van der Waals surface area contributed by atoms with Crippen molar-refractivity contribution in [3.8, 4) is 11.1 Å². The van der Waals surface area contributed by atoms with Crippen LogP contribution in [-0.2, 0) is 4.74 Å². The predicted molar refractivity (Wildman–Crippen MR) is 137 cm³/mol. The van der Waals surface area contributed by atoms with Gasteiger partial charge in [-0.3, -0.25) is 4.90 Å². The molecule has 3 heteroatoms. The van der Waals surface area contributed by atoms with Crippen molar-refractivity contribution in [2.24, 2.45) is 0 Å². The third-order valence-corrected chi connectivity index (χ3v) is 7.69. The molecule has 2 aliphatic heterocycles. The summed E-state index contributed by atoms with van der Waals surface area (Å²) in [6.07, 6.45) is 5.01. The van der Waals surface area contributed by atoms with Crippen LogP contribution in [-0.4, -0.2) is 29.7 Å². The summed E-state index contributed by atoms with van der Waals surface area (Å²) in [6, 6.07) is 25.9. The Bertz CT molecular complexity index is 1260. The number of rotatable bonds is 4. The Hall–Kier alpha value is -3.59. The molecule has 3 aromatic rings. The van der Waals surface area contributed by atoms with Gasteiger partial charge in [0.1, 0.15) is 6.61 Å². The van der Waals surface area contributed by atoms with Crippen molar-refractivity contribution in [2.75, 3.05) is 6.61 Å². The lowest BCUT2D eigenvalue weighted by molar-refractivity contribution is 0.0866. The van der Waals surface area contributed by atoms with Gasteiger partial charge in [0.25, 0.3) is 0 Å². The zero-order valence-corrected chi connectivity index (χ0v) is 19.5. The second kappa shape index (κ2) is 8.32. The molecule has 3 aliphatic rings. The Morgan fingerprint density at radius 1 is 0.941 bits per heavy atom. The molecule has 34 heavy (non-hydrogen) atoms. The van der Waals surface area contributed by atoms with E-state index in [9.17, 15) is 4.79 Å². The third kappa shape index (κ3) is 3.47. The van der Waals surface area contributed by atoms with E-state index >= 15 is 0 Å². The van der Waals surface area contributed by atoms with Crippen molar-refractivity contribution in [1.82, 2.24) is 4.90 Å². The average Bonchev–Trinajstić information content (AvgIpc) is 3.33. The molecule has 0 aromatic heterocycles. The summed E-state index contributed by atoms with van der Waals surface area (Å²) in [5.41, 5.74) is 9.83. The molecule has 2 unspecified atom stereocenters. The van der Waals surface area contributed by atoms with Gasteiger partial charge in [0, 0.05) is 12.0 Å². The first kappa shape index (κ1) is 21.0. The number of hydrogen-bond acceptors (Lipinski definition) is 2. The van der Waals surface area contributed by atoms with Crippen molar-refractivity contribution in [3.05, 3.63) is 108 Å². The van der Waals surface area contributed by atoms with E-state index in [4.69, 9.17) is 4.74 Å². The van der Waals surface area contributed by atoms with Gasteiger partial charge in [-0.05, 0) is 65.1 Å². The van der Waals surface area contributed by atoms with E-state index in [0.717, 1.165) is 24.8 Å². The number of carbonyl (C=O) groups excluding carboxylic acids is 1. The zero-order valence-electron chi connectivity index (χ0n) is 19.5. The van der Waals surface area contributed by atoms with Crippen molar-refractivity contribution < 1.29 is 9.53 Å². The summed E-state index contributed by atoms with van der Waals surface area (Å²) < 4.78 is 5.99. The van der Waals surface area contributed by atoms with Crippen molar-refractivity contribution >= 4 is 17.2 Å². The van der Waals surface area contributed by atoms with E-state index in [1.54, 1.807) is 0 Å². The molecule has 0 radical (unpaired) electrons. The van der Waals surface area contributed by atoms with Crippen molar-refractivity contribution in [2.45, 2.75) is 44.2 Å². The maximum absolute atomic E-state index is 13.3. The smallest absolute Gasteiger partial charge is 0.410 e. The second-order valence-corrected chi connectivity index (χ2v) is 9.76. The first-order chi connectivity index (χ1) is 16.6. The zero-order chi connectivity index (χ0) is 23.2. The lowest BCUT2D eigenvalue weighted by Gasteiger charge is -2.33. The minimum Gasteiger partial charge on any atom is -0.448 e. The van der Waals surface area contributed by atoms with Gasteiger partial charge in [0.2, 0.25) is 0 Å². The SMILES string of the molecule is C=C(C)c1ccc(C2=CC3CCC(C2)N3C(=O)OCC2c3ccccc3-c3ccccc32)cc1. The number of benzene rings is 3. The first-order valence-corrected chi connectivity index (χ1v) is 12.2. The van der Waals surface area contributed by atoms with E-state index in [-0.39, 0.29) is 24.1 Å². The Labute approximate surface area is 201 Å². The lowest BCUT2D eigenvalue weighted by atomic mass is 9.93. The molecule has 1 fully saturated rings. The van der Waals surface area contributed by atoms with Crippen LogP contribution in [0.5, 0.6) is 0 Å². The fraction of sp³-hybridized carbons (Fsp3) is 0.258. The Morgan fingerprint density at radius 2 is 1.59 bits per heavy atom. The molecule has 3 nitrogen and oxygen atoms in total. The van der Waals surface area contributed by atoms with E-state index < -0.39 is 0 Å². The topological polar surface area (TPSA) is 29.5 Å². The number of allylic oxidation sites excluding steroid dienone is 1. The van der Waals surface area contributed by atoms with E-state index in [0.29, 0.717) is 6.61 Å². The van der Waals surface area contributed by atoms with Crippen molar-refractivity contribution in [1.29, 1.82) is 0 Å². The van der Waals surface area contributed by atoms with E-state index in [1.807, 2.05) is 11.8 Å². The highest BCUT2D eigenvalue weighted by Gasteiger charge is 2.41. The van der Waals surface area contributed by atoms with Crippen LogP contribution < -0.4 is 0 Å². The first-order valence-electron chi connectivity index (χ1n) is 12.2. The second-order valence-electron chi connectivity index (χ2n) is 9.76. The standard InChI is InChI=1S/C31H29NO2/c1-20(2)21-11-13-22(14-12-21)23-17-24-15-16-25(18-23)32(24)31(33)34-19-30-28-9-5-3-7-26(28)27-8-4-6-10-29(27)30/h3-14,17,24-25,30H,1,15-16,18-19H2,2H3. The van der Waals surface area contributed by atoms with Crippen LogP contribution >= 0.6 is 0 Å². The highest BCUT2D eigenvalue weighted by molar-refractivity contribution is 5.79. The highest BCUT2D eigenvalue weighted by Crippen LogP contribution is 2.45. The molecular formula is C31H29NO2. The maximum atomic E-state index is 13.3. The summed E-state index contributed by atoms with van der Waals surface area (Å²) in [5, 5.41) is 0. The quantitative estimate of drug-likeness (QED) is 0.420. The third-order valence-electron chi connectivity index (χ3n) is 7.69. The van der Waals surface area contributed by atoms with Gasteiger partial charge in [0.15, 0.2) is 0 Å². The van der Waals surface area contributed by atoms with Gasteiger partial charge in [-0.2, -0.15) is 0 Å². The van der Waals surface area contributed by atoms with Crippen LogP contribution in [0.15, 0.2) is 85.5 Å². The summed E-state index contributed by atoms with van der Waals surface area (Å²) >= 11 is 0. The Morgan fingerprint density at radius 3 is 2.21 bits per heavy atom. The van der Waals surface area contributed by atoms with E-state index in [1.165, 1.54) is 39.0 Å². The summed E-state index contributed by atoms with van der Waals surface area (Å²) in [4.78, 5) is 15.3. The Balaban J connectivity index is 1.18. The highest BCUT2D eigenvalue weighted by atomic mass is 16.6. The molecule has 0 spiro atoms. The van der Waals surface area contributed by atoms with Crippen LogP contribution in [0.4, 0.5) is 4.79 Å². The molecule has 2 heterocycles. The molecule has 6 rings (SSSR count). The Kier molecular flexibility index (Phi) is 5.13. The molecule has 2 bridgehead atoms. The average molecular weight is 448 g/mol. The summed E-state index contributed by atoms with van der Waals surface area (Å²) in [6.45, 7) is 6.44. The number of hydrogen-bond donors (Lipinski definition) is 0. The van der Waals surface area contributed by atoms with Gasteiger partial charge in [-0.1, -0.05) is 91.0 Å². The molecule has 1 aliphatic carbocycles. The summed E-state index contributed by atoms with van der Waals surface area (Å²) in [7, 11) is 0. The molecule has 0 saturated carbocycles. The fourth-order valence-corrected chi connectivity index (χ4v) is 5.97. The lowest BCUT2D eigenvalue weighted by Crippen LogP contribution is -2.43. The van der Waals surface area contributed by atoms with E-state index in [2.05, 4.69) is 85.5 Å². The number of carbonyl (C=O) groups is 1. The number of fused-ring (bicyclic) bond motifs is 5. The number of nitrogens with zero attached hydrogens (tertiary/aromatic N) is 1. The normalized spacial score (nSPS) is 20.5. The molecule has 1 saturated heterocycles.